The fourth-order valence-corrected chi connectivity index (χ4v) is 2.12. The lowest BCUT2D eigenvalue weighted by Gasteiger charge is -2.52. The number of nitrogens with one attached hydrogen (secondary N) is 1. The average Bonchev–Trinajstić information content (AvgIpc) is 1.98. The molecule has 0 aliphatic carbocycles. The first-order valence-electron chi connectivity index (χ1n) is 5.01. The van der Waals surface area contributed by atoms with Crippen molar-refractivity contribution in [3.8, 4) is 0 Å². The molecule has 1 fully saturated rings. The minimum absolute atomic E-state index is 0.0677. The van der Waals surface area contributed by atoms with Gasteiger partial charge in [-0.3, -0.25) is 0 Å². The van der Waals surface area contributed by atoms with Gasteiger partial charge < -0.3 is 25.0 Å². The molecule has 0 saturated carbocycles. The average molecular weight is 239 g/mol. The van der Waals surface area contributed by atoms with E-state index in [1.807, 2.05) is 0 Å². The minimum Gasteiger partial charge on any atom is -0.634 e. The Labute approximate surface area is 92.3 Å². The van der Waals surface area contributed by atoms with Gasteiger partial charge in [0.15, 0.2) is 0 Å². The third-order valence-electron chi connectivity index (χ3n) is 2.83. The van der Waals surface area contributed by atoms with Crippen LogP contribution in [0.15, 0.2) is 0 Å². The van der Waals surface area contributed by atoms with Gasteiger partial charge in [0.1, 0.15) is 0 Å². The lowest BCUT2D eigenvalue weighted by atomic mass is 9.82. The molecule has 1 aliphatic rings. The van der Waals surface area contributed by atoms with Crippen LogP contribution in [0.1, 0.15) is 47.0 Å². The van der Waals surface area contributed by atoms with E-state index >= 15 is 0 Å². The molecule has 0 aromatic carbocycles. The molecule has 0 radical (unpaired) electrons. The van der Waals surface area contributed by atoms with Crippen molar-refractivity contribution in [2.45, 2.75) is 58.0 Å². The third-order valence-corrected chi connectivity index (χ3v) is 2.83. The van der Waals surface area contributed by atoms with Gasteiger partial charge in [-0.25, -0.2) is 0 Å². The second-order valence-electron chi connectivity index (χ2n) is 5.22. The highest BCUT2D eigenvalue weighted by Crippen LogP contribution is 2.22. The van der Waals surface area contributed by atoms with E-state index in [0.29, 0.717) is 5.06 Å². The quantitative estimate of drug-likeness (QED) is 0.361. The Morgan fingerprint density at radius 3 is 1.47 bits per heavy atom. The Bertz CT molecular complexity index is 178. The lowest BCUT2D eigenvalue weighted by molar-refractivity contribution is -0.955. The maximum Gasteiger partial charge on any atom is 0.324 e. The number of quaternary nitrogens is 1. The summed E-state index contributed by atoms with van der Waals surface area (Å²) in [7, 11) is -2.62. The van der Waals surface area contributed by atoms with Crippen LogP contribution < -0.4 is 5.06 Å². The van der Waals surface area contributed by atoms with Crippen molar-refractivity contribution < 1.29 is 19.7 Å². The molecule has 0 aromatic heterocycles. The van der Waals surface area contributed by atoms with Crippen LogP contribution >= 0.6 is 8.60 Å². The molecule has 0 bridgehead atoms. The summed E-state index contributed by atoms with van der Waals surface area (Å²) >= 11 is 0. The Hall–Kier alpha value is 0.230. The highest BCUT2D eigenvalue weighted by molar-refractivity contribution is 7.38. The van der Waals surface area contributed by atoms with Crippen molar-refractivity contribution in [2.24, 2.45) is 0 Å². The standard InChI is InChI=1S/C9H19NO.H3O3P/c1-8(2)6-5-7-9(3,4)10(8)11;1-4(2)3/h10H,5-7H2,1-4H3;1-3H. The largest absolute Gasteiger partial charge is 0.634 e. The number of rotatable bonds is 0. The van der Waals surface area contributed by atoms with Gasteiger partial charge in [0, 0.05) is 12.8 Å². The van der Waals surface area contributed by atoms with E-state index < -0.39 is 8.60 Å². The van der Waals surface area contributed by atoms with Crippen molar-refractivity contribution in [2.75, 3.05) is 0 Å². The highest BCUT2D eigenvalue weighted by atomic mass is 31.2. The summed E-state index contributed by atoms with van der Waals surface area (Å²) in [5.74, 6) is 0. The van der Waals surface area contributed by atoms with E-state index in [0.717, 1.165) is 12.8 Å². The zero-order valence-corrected chi connectivity index (χ0v) is 10.7. The van der Waals surface area contributed by atoms with Gasteiger partial charge >= 0.3 is 8.60 Å². The number of hydrogen-bond acceptors (Lipinski definition) is 4. The van der Waals surface area contributed by atoms with Crippen molar-refractivity contribution >= 4 is 8.60 Å². The van der Waals surface area contributed by atoms with Crippen LogP contribution in [0.25, 0.3) is 0 Å². The molecule has 1 saturated heterocycles. The van der Waals surface area contributed by atoms with E-state index in [-0.39, 0.29) is 11.1 Å². The molecular formula is C9H22NO4P. The molecule has 0 spiro atoms. The number of hydroxylamine groups is 2. The maximum absolute atomic E-state index is 11.8. The molecule has 0 atom stereocenters. The smallest absolute Gasteiger partial charge is 0.324 e. The fourth-order valence-electron chi connectivity index (χ4n) is 2.12. The van der Waals surface area contributed by atoms with Gasteiger partial charge in [0.05, 0.1) is 11.1 Å². The third kappa shape index (κ3) is 5.20. The molecule has 1 heterocycles. The van der Waals surface area contributed by atoms with Gasteiger partial charge in [-0.05, 0) is 34.1 Å². The Balaban J connectivity index is 0.000000423. The lowest BCUT2D eigenvalue weighted by Crippen LogP contribution is -3.22. The summed E-state index contributed by atoms with van der Waals surface area (Å²) in [5, 5.41) is 12.2. The minimum atomic E-state index is -2.62. The first kappa shape index (κ1) is 15.2. The zero-order chi connectivity index (χ0) is 12.3. The monoisotopic (exact) mass is 239 g/mol. The first-order chi connectivity index (χ1) is 6.59. The summed E-state index contributed by atoms with van der Waals surface area (Å²) < 4.78 is 0. The second kappa shape index (κ2) is 5.53. The molecule has 4 N–H and O–H groups in total. The van der Waals surface area contributed by atoms with Gasteiger partial charge in [-0.2, -0.15) is 0 Å². The summed E-state index contributed by atoms with van der Waals surface area (Å²) in [6, 6.07) is 0. The van der Waals surface area contributed by atoms with Gasteiger partial charge in [0.2, 0.25) is 0 Å². The molecule has 1 rings (SSSR count). The van der Waals surface area contributed by atoms with E-state index in [1.165, 1.54) is 6.42 Å². The molecular weight excluding hydrogens is 217 g/mol. The Morgan fingerprint density at radius 2 is 1.27 bits per heavy atom. The molecule has 6 heteroatoms. The van der Waals surface area contributed by atoms with E-state index in [4.69, 9.17) is 14.7 Å². The topological polar surface area (TPSA) is 88.2 Å². The van der Waals surface area contributed by atoms with Crippen molar-refractivity contribution in [3.05, 3.63) is 5.21 Å². The van der Waals surface area contributed by atoms with E-state index in [1.54, 1.807) is 0 Å². The summed E-state index contributed by atoms with van der Waals surface area (Å²) in [6.45, 7) is 8.26. The van der Waals surface area contributed by atoms with Crippen molar-refractivity contribution in [1.82, 2.24) is 0 Å². The predicted octanol–water partition coefficient (Wildman–Crippen LogP) is 0.300. The van der Waals surface area contributed by atoms with E-state index in [9.17, 15) is 5.21 Å². The van der Waals surface area contributed by atoms with Crippen LogP contribution in [-0.4, -0.2) is 25.8 Å². The molecule has 0 amide bonds. The van der Waals surface area contributed by atoms with E-state index in [2.05, 4.69) is 27.7 Å². The second-order valence-corrected chi connectivity index (χ2v) is 5.76. The summed E-state index contributed by atoms with van der Waals surface area (Å²) in [5.41, 5.74) is -0.135. The highest BCUT2D eigenvalue weighted by Gasteiger charge is 2.40. The molecule has 0 unspecified atom stereocenters. The van der Waals surface area contributed by atoms with Gasteiger partial charge in [0.25, 0.3) is 0 Å². The molecule has 15 heavy (non-hydrogen) atoms. The van der Waals surface area contributed by atoms with Gasteiger partial charge in [-0.15, -0.1) is 0 Å². The first-order valence-corrected chi connectivity index (χ1v) is 6.21. The Morgan fingerprint density at radius 1 is 1.00 bits per heavy atom. The Kier molecular flexibility index (Phi) is 5.61. The summed E-state index contributed by atoms with van der Waals surface area (Å²) in [4.78, 5) is 21.7. The van der Waals surface area contributed by atoms with Crippen LogP contribution in [0.4, 0.5) is 0 Å². The zero-order valence-electron chi connectivity index (χ0n) is 9.82. The van der Waals surface area contributed by atoms with Crippen LogP contribution in [-0.2, 0) is 0 Å². The maximum atomic E-state index is 11.8. The molecule has 1 aliphatic heterocycles. The van der Waals surface area contributed by atoms with Crippen molar-refractivity contribution in [1.29, 1.82) is 0 Å². The SMILES string of the molecule is CC1(C)CCCC(C)(C)[NH+]1[O-].OP(O)O. The van der Waals surface area contributed by atoms with Crippen LogP contribution in [0, 0.1) is 5.21 Å². The molecule has 5 nitrogen and oxygen atoms in total. The number of hydrogen-bond donors (Lipinski definition) is 4. The molecule has 92 valence electrons. The fraction of sp³-hybridized carbons (Fsp3) is 1.00. The van der Waals surface area contributed by atoms with Crippen molar-refractivity contribution in [3.63, 3.8) is 0 Å². The normalized spacial score (nSPS) is 24.6. The van der Waals surface area contributed by atoms with Crippen LogP contribution in [0.2, 0.25) is 0 Å². The summed E-state index contributed by atoms with van der Waals surface area (Å²) in [6.07, 6.45) is 3.33. The molecule has 0 aromatic rings. The number of piperidine rings is 1. The predicted molar refractivity (Wildman–Crippen MR) is 59.9 cm³/mol. The van der Waals surface area contributed by atoms with Crippen LogP contribution in [0.5, 0.6) is 0 Å². The van der Waals surface area contributed by atoms with Crippen LogP contribution in [0.3, 0.4) is 0 Å². The van der Waals surface area contributed by atoms with Gasteiger partial charge in [-0.1, -0.05) is 0 Å².